The third kappa shape index (κ3) is 2.26. The van der Waals surface area contributed by atoms with Crippen molar-refractivity contribution in [1.82, 2.24) is 24.8 Å². The van der Waals surface area contributed by atoms with Gasteiger partial charge >= 0.3 is 0 Å². The van der Waals surface area contributed by atoms with E-state index in [0.29, 0.717) is 17.9 Å². The zero-order valence-electron chi connectivity index (χ0n) is 15.8. The molecule has 1 amide bonds. The largest absolute Gasteiger partial charge is 0.368 e. The maximum atomic E-state index is 12.0. The van der Waals surface area contributed by atoms with Crippen molar-refractivity contribution in [1.29, 1.82) is 0 Å². The van der Waals surface area contributed by atoms with E-state index in [1.807, 2.05) is 4.90 Å². The van der Waals surface area contributed by atoms with E-state index < -0.39 is 0 Å². The van der Waals surface area contributed by atoms with Crippen molar-refractivity contribution in [3.8, 4) is 11.3 Å². The van der Waals surface area contributed by atoms with Gasteiger partial charge in [-0.25, -0.2) is 19.9 Å². The Morgan fingerprint density at radius 3 is 2.57 bits per heavy atom. The minimum absolute atomic E-state index is 0.164. The van der Waals surface area contributed by atoms with Gasteiger partial charge in [0.25, 0.3) is 0 Å². The number of aromatic nitrogens is 4. The molecule has 2 aliphatic carbocycles. The van der Waals surface area contributed by atoms with Crippen LogP contribution in [0.3, 0.4) is 0 Å². The number of nitrogens with zero attached hydrogens (tertiary/aromatic N) is 6. The van der Waals surface area contributed by atoms with Crippen LogP contribution in [-0.2, 0) is 4.79 Å². The highest BCUT2D eigenvalue weighted by atomic mass is 16.2. The number of rotatable bonds is 3. The van der Waals surface area contributed by atoms with Crippen LogP contribution in [0.25, 0.3) is 11.3 Å². The second kappa shape index (κ2) is 5.62. The molecular weight excluding hydrogens is 354 g/mol. The lowest BCUT2D eigenvalue weighted by molar-refractivity contribution is -0.129. The summed E-state index contributed by atoms with van der Waals surface area (Å²) in [6.45, 7) is 3.55. The molecule has 8 rings (SSSR count). The van der Waals surface area contributed by atoms with Gasteiger partial charge in [-0.15, -0.1) is 0 Å². The predicted octanol–water partition coefficient (Wildman–Crippen LogP) is 1.45. The van der Waals surface area contributed by atoms with E-state index in [9.17, 15) is 4.79 Å². The molecule has 28 heavy (non-hydrogen) atoms. The van der Waals surface area contributed by atoms with Gasteiger partial charge in [-0.1, -0.05) is 0 Å². The van der Waals surface area contributed by atoms with Gasteiger partial charge < -0.3 is 15.5 Å². The normalized spacial score (nSPS) is 32.2. The van der Waals surface area contributed by atoms with Gasteiger partial charge in [0.2, 0.25) is 17.8 Å². The van der Waals surface area contributed by atoms with Crippen molar-refractivity contribution >= 4 is 17.8 Å². The van der Waals surface area contributed by atoms with E-state index in [-0.39, 0.29) is 17.9 Å². The first-order valence-corrected chi connectivity index (χ1v) is 10.1. The van der Waals surface area contributed by atoms with Gasteiger partial charge in [0.05, 0.1) is 11.4 Å². The number of anilines is 2. The number of nitrogen functional groups attached to an aromatic ring is 1. The van der Waals surface area contributed by atoms with Crippen LogP contribution in [-0.4, -0.2) is 55.9 Å². The Bertz CT molecular complexity index is 956. The van der Waals surface area contributed by atoms with E-state index >= 15 is 0 Å². The molecular formula is C20H23N7O. The van der Waals surface area contributed by atoms with Crippen molar-refractivity contribution in [3.05, 3.63) is 24.2 Å². The summed E-state index contributed by atoms with van der Waals surface area (Å²) in [5.41, 5.74) is 8.39. The van der Waals surface area contributed by atoms with Gasteiger partial charge in [0.15, 0.2) is 0 Å². The molecule has 6 fully saturated rings. The molecule has 4 saturated heterocycles. The lowest BCUT2D eigenvalue weighted by atomic mass is 9.71. The topological polar surface area (TPSA) is 101 Å². The Hall–Kier alpha value is -2.77. The van der Waals surface area contributed by atoms with Gasteiger partial charge in [-0.2, -0.15) is 0 Å². The molecule has 1 unspecified atom stereocenters. The molecule has 6 aliphatic rings. The summed E-state index contributed by atoms with van der Waals surface area (Å²) in [5.74, 6) is 2.82. The number of hydrogen-bond acceptors (Lipinski definition) is 7. The minimum Gasteiger partial charge on any atom is -0.368 e. The summed E-state index contributed by atoms with van der Waals surface area (Å²) in [6, 6.07) is 2.90. The first-order chi connectivity index (χ1) is 13.6. The lowest BCUT2D eigenvalue weighted by Crippen LogP contribution is -2.39. The fourth-order valence-corrected chi connectivity index (χ4v) is 5.57. The van der Waals surface area contributed by atoms with Crippen LogP contribution in [0.2, 0.25) is 0 Å². The molecule has 0 spiro atoms. The van der Waals surface area contributed by atoms with Crippen LogP contribution in [0.5, 0.6) is 0 Å². The zero-order valence-corrected chi connectivity index (χ0v) is 15.8. The van der Waals surface area contributed by atoms with Gasteiger partial charge in [-0.3, -0.25) is 4.79 Å². The predicted molar refractivity (Wildman–Crippen MR) is 103 cm³/mol. The summed E-state index contributed by atoms with van der Waals surface area (Å²) >= 11 is 0. The van der Waals surface area contributed by atoms with E-state index in [4.69, 9.17) is 15.7 Å². The first-order valence-electron chi connectivity index (χ1n) is 10.1. The number of carbonyl (C=O) groups is 1. The van der Waals surface area contributed by atoms with Crippen molar-refractivity contribution in [3.63, 3.8) is 0 Å². The van der Waals surface area contributed by atoms with Gasteiger partial charge in [-0.05, 0) is 37.2 Å². The van der Waals surface area contributed by atoms with Crippen molar-refractivity contribution < 1.29 is 4.79 Å². The third-order valence-corrected chi connectivity index (χ3v) is 7.11. The number of carbonyl (C=O) groups excluding carboxylic acids is 1. The number of nitrogens with two attached hydrogens (primary N) is 1. The standard InChI is InChI=1S/C20H23N7O/c1-10(28)26-9-12-4-17(26)18(12)16-5-15(13-6-22-19(21)23-7-13)24-20(25-16)27-8-11-2-14(27)3-11/h5-7,11-12,14,17-18H,2-4,8-9H2,1H3,(H2,21,22,23)/t11?,12-,14?,17?,18+/m0/s1. The van der Waals surface area contributed by atoms with E-state index in [1.165, 1.54) is 12.8 Å². The maximum absolute atomic E-state index is 12.0. The Morgan fingerprint density at radius 1 is 1.14 bits per heavy atom. The maximum Gasteiger partial charge on any atom is 0.226 e. The van der Waals surface area contributed by atoms with Crippen LogP contribution >= 0.6 is 0 Å². The molecule has 144 valence electrons. The second-order valence-corrected chi connectivity index (χ2v) is 8.71. The molecule has 0 aromatic carbocycles. The molecule has 2 N–H and O–H groups in total. The Labute approximate surface area is 163 Å². The fraction of sp³-hybridized carbons (Fsp3) is 0.550. The summed E-state index contributed by atoms with van der Waals surface area (Å²) in [4.78, 5) is 34.5. The van der Waals surface area contributed by atoms with Crippen LogP contribution in [0.15, 0.2) is 18.5 Å². The van der Waals surface area contributed by atoms with Crippen LogP contribution < -0.4 is 10.6 Å². The number of hydrogen-bond donors (Lipinski definition) is 1. The second-order valence-electron chi connectivity index (χ2n) is 8.71. The van der Waals surface area contributed by atoms with E-state index in [0.717, 1.165) is 48.3 Å². The monoisotopic (exact) mass is 377 g/mol. The molecule has 0 radical (unpaired) electrons. The molecule has 2 saturated carbocycles. The van der Waals surface area contributed by atoms with Crippen molar-refractivity contribution in [2.45, 2.75) is 44.2 Å². The Balaban J connectivity index is 1.41. The number of amides is 1. The van der Waals surface area contributed by atoms with Crippen LogP contribution in [0.1, 0.15) is 37.8 Å². The van der Waals surface area contributed by atoms with Crippen molar-refractivity contribution in [2.75, 3.05) is 23.7 Å². The third-order valence-electron chi connectivity index (χ3n) is 7.11. The highest BCUT2D eigenvalue weighted by molar-refractivity contribution is 5.75. The highest BCUT2D eigenvalue weighted by Crippen LogP contribution is 2.52. The zero-order chi connectivity index (χ0) is 19.0. The quantitative estimate of drug-likeness (QED) is 0.864. The van der Waals surface area contributed by atoms with Gasteiger partial charge in [0.1, 0.15) is 0 Å². The molecule has 6 heterocycles. The number of fused-ring (bicyclic) bond motifs is 2. The minimum atomic E-state index is 0.164. The summed E-state index contributed by atoms with van der Waals surface area (Å²) in [7, 11) is 0. The van der Waals surface area contributed by atoms with Crippen LogP contribution in [0, 0.1) is 11.8 Å². The smallest absolute Gasteiger partial charge is 0.226 e. The Morgan fingerprint density at radius 2 is 1.93 bits per heavy atom. The average Bonchev–Trinajstić information content (AvgIpc) is 3.39. The van der Waals surface area contributed by atoms with Crippen LogP contribution in [0.4, 0.5) is 11.9 Å². The molecule has 8 nitrogen and oxygen atoms in total. The SMILES string of the molecule is CC(=O)N1C[C@@H]2CC1[C@H]2c1cc(-c2cnc(N)nc2)nc(N2CC3CC2C3)n1. The Kier molecular flexibility index (Phi) is 3.25. The fourth-order valence-electron chi connectivity index (χ4n) is 5.57. The first kappa shape index (κ1) is 16.2. The molecule has 2 aromatic heterocycles. The summed E-state index contributed by atoms with van der Waals surface area (Å²) in [5, 5.41) is 0. The van der Waals surface area contributed by atoms with Gasteiger partial charge in [0, 0.05) is 56.0 Å². The molecule has 4 aliphatic heterocycles. The molecule has 3 atom stereocenters. The lowest BCUT2D eigenvalue weighted by Gasteiger charge is -2.36. The van der Waals surface area contributed by atoms with E-state index in [2.05, 4.69) is 20.9 Å². The summed E-state index contributed by atoms with van der Waals surface area (Å²) < 4.78 is 0. The van der Waals surface area contributed by atoms with E-state index in [1.54, 1.807) is 19.3 Å². The summed E-state index contributed by atoms with van der Waals surface area (Å²) in [6.07, 6.45) is 7.03. The molecule has 8 heteroatoms. The average molecular weight is 377 g/mol. The molecule has 2 aromatic rings. The highest BCUT2D eigenvalue weighted by Gasteiger charge is 2.54. The molecule has 4 bridgehead atoms. The van der Waals surface area contributed by atoms with Crippen molar-refractivity contribution in [2.24, 2.45) is 11.8 Å².